The summed E-state index contributed by atoms with van der Waals surface area (Å²) in [5.74, 6) is 1.17. The molecule has 0 radical (unpaired) electrons. The molecule has 122 valence electrons. The standard InChI is InChI=1S/C17H15N3O3S/c1-10-7-13(11(2)20(10)17-18-5-6-24-17)16(21)19-12-3-4-14-15(8-12)23-9-22-14/h3-8H,9H2,1-2H3,(H,19,21). The largest absolute Gasteiger partial charge is 0.454 e. The Morgan fingerprint density at radius 1 is 1.25 bits per heavy atom. The minimum absolute atomic E-state index is 0.162. The smallest absolute Gasteiger partial charge is 0.257 e. The summed E-state index contributed by atoms with van der Waals surface area (Å²) < 4.78 is 12.6. The van der Waals surface area contributed by atoms with Crippen molar-refractivity contribution in [2.75, 3.05) is 12.1 Å². The van der Waals surface area contributed by atoms with Crippen LogP contribution in [-0.4, -0.2) is 22.3 Å². The van der Waals surface area contributed by atoms with Gasteiger partial charge in [0, 0.05) is 34.7 Å². The molecule has 1 aliphatic heterocycles. The average molecular weight is 341 g/mol. The molecule has 0 bridgehead atoms. The number of amides is 1. The van der Waals surface area contributed by atoms with Gasteiger partial charge in [-0.25, -0.2) is 4.98 Å². The highest BCUT2D eigenvalue weighted by Crippen LogP contribution is 2.34. The molecule has 0 spiro atoms. The van der Waals surface area contributed by atoms with Crippen LogP contribution in [0.25, 0.3) is 5.13 Å². The van der Waals surface area contributed by atoms with E-state index in [1.54, 1.807) is 24.4 Å². The lowest BCUT2D eigenvalue weighted by Crippen LogP contribution is -2.13. The van der Waals surface area contributed by atoms with Crippen LogP contribution in [0.15, 0.2) is 35.8 Å². The fourth-order valence-corrected chi connectivity index (χ4v) is 3.54. The van der Waals surface area contributed by atoms with Gasteiger partial charge in [-0.3, -0.25) is 9.36 Å². The average Bonchev–Trinajstić information content (AvgIpc) is 3.27. The molecule has 6 nitrogen and oxygen atoms in total. The zero-order valence-electron chi connectivity index (χ0n) is 13.2. The van der Waals surface area contributed by atoms with Crippen LogP contribution in [0.2, 0.25) is 0 Å². The minimum atomic E-state index is -0.162. The lowest BCUT2D eigenvalue weighted by Gasteiger charge is -2.07. The van der Waals surface area contributed by atoms with E-state index in [9.17, 15) is 4.79 Å². The molecule has 7 heteroatoms. The number of anilines is 1. The van der Waals surface area contributed by atoms with Crippen LogP contribution < -0.4 is 14.8 Å². The lowest BCUT2D eigenvalue weighted by molar-refractivity contribution is 0.102. The number of carbonyl (C=O) groups is 1. The van der Waals surface area contributed by atoms with Crippen LogP contribution in [-0.2, 0) is 0 Å². The summed E-state index contributed by atoms with van der Waals surface area (Å²) in [5, 5.41) is 5.68. The van der Waals surface area contributed by atoms with Crippen LogP contribution in [0.3, 0.4) is 0 Å². The first-order chi connectivity index (χ1) is 11.6. The molecular weight excluding hydrogens is 326 g/mol. The predicted molar refractivity (Wildman–Crippen MR) is 91.4 cm³/mol. The summed E-state index contributed by atoms with van der Waals surface area (Å²) in [4.78, 5) is 17.0. The number of thiazole rings is 1. The Balaban J connectivity index is 1.62. The van der Waals surface area contributed by atoms with Crippen LogP contribution >= 0.6 is 11.3 Å². The molecule has 2 aromatic heterocycles. The number of benzene rings is 1. The third kappa shape index (κ3) is 2.43. The molecule has 0 saturated carbocycles. The van der Waals surface area contributed by atoms with Crippen LogP contribution in [0.1, 0.15) is 21.7 Å². The van der Waals surface area contributed by atoms with Crippen molar-refractivity contribution in [2.24, 2.45) is 0 Å². The van der Waals surface area contributed by atoms with Gasteiger partial charge in [0.2, 0.25) is 6.79 Å². The maximum Gasteiger partial charge on any atom is 0.257 e. The molecule has 0 unspecified atom stereocenters. The molecule has 0 atom stereocenters. The van der Waals surface area contributed by atoms with E-state index in [1.165, 1.54) is 11.3 Å². The zero-order chi connectivity index (χ0) is 16.7. The number of carbonyl (C=O) groups excluding carboxylic acids is 1. The summed E-state index contributed by atoms with van der Waals surface area (Å²) in [5.41, 5.74) is 3.13. The minimum Gasteiger partial charge on any atom is -0.454 e. The van der Waals surface area contributed by atoms with Gasteiger partial charge >= 0.3 is 0 Å². The van der Waals surface area contributed by atoms with Crippen molar-refractivity contribution in [2.45, 2.75) is 13.8 Å². The highest BCUT2D eigenvalue weighted by atomic mass is 32.1. The maximum absolute atomic E-state index is 12.7. The van der Waals surface area contributed by atoms with Crippen LogP contribution in [0.4, 0.5) is 5.69 Å². The second kappa shape index (κ2) is 5.68. The summed E-state index contributed by atoms with van der Waals surface area (Å²) in [6, 6.07) is 7.22. The third-order valence-electron chi connectivity index (χ3n) is 3.92. The number of aryl methyl sites for hydroxylation is 1. The number of fused-ring (bicyclic) bond motifs is 1. The van der Waals surface area contributed by atoms with Crippen molar-refractivity contribution < 1.29 is 14.3 Å². The third-order valence-corrected chi connectivity index (χ3v) is 4.67. The highest BCUT2D eigenvalue weighted by Gasteiger charge is 2.19. The molecule has 3 heterocycles. The van der Waals surface area contributed by atoms with Crippen LogP contribution in [0, 0.1) is 13.8 Å². The van der Waals surface area contributed by atoms with Gasteiger partial charge in [0.25, 0.3) is 5.91 Å². The Kier molecular flexibility index (Phi) is 3.50. The Morgan fingerprint density at radius 3 is 2.88 bits per heavy atom. The molecule has 0 aliphatic carbocycles. The Morgan fingerprint density at radius 2 is 2.08 bits per heavy atom. The normalized spacial score (nSPS) is 12.4. The van der Waals surface area contributed by atoms with Gasteiger partial charge in [0.15, 0.2) is 16.6 Å². The zero-order valence-corrected chi connectivity index (χ0v) is 14.0. The van der Waals surface area contributed by atoms with E-state index in [-0.39, 0.29) is 12.7 Å². The number of hydrogen-bond acceptors (Lipinski definition) is 5. The van der Waals surface area contributed by atoms with E-state index in [0.717, 1.165) is 16.5 Å². The molecule has 1 aromatic carbocycles. The van der Waals surface area contributed by atoms with Gasteiger partial charge in [-0.1, -0.05) is 0 Å². The first kappa shape index (κ1) is 14.8. The van der Waals surface area contributed by atoms with Gasteiger partial charge < -0.3 is 14.8 Å². The number of rotatable bonds is 3. The van der Waals surface area contributed by atoms with Crippen molar-refractivity contribution in [1.29, 1.82) is 0 Å². The number of ether oxygens (including phenoxy) is 2. The molecule has 0 fully saturated rings. The number of nitrogens with one attached hydrogen (secondary N) is 1. The Bertz CT molecular complexity index is 916. The van der Waals surface area contributed by atoms with E-state index < -0.39 is 0 Å². The molecule has 24 heavy (non-hydrogen) atoms. The highest BCUT2D eigenvalue weighted by molar-refractivity contribution is 7.12. The summed E-state index contributed by atoms with van der Waals surface area (Å²) in [6.45, 7) is 4.09. The fourth-order valence-electron chi connectivity index (χ4n) is 2.79. The van der Waals surface area contributed by atoms with Gasteiger partial charge in [-0.05, 0) is 32.0 Å². The second-order valence-electron chi connectivity index (χ2n) is 5.46. The second-order valence-corrected chi connectivity index (χ2v) is 6.33. The monoisotopic (exact) mass is 341 g/mol. The van der Waals surface area contributed by atoms with Crippen molar-refractivity contribution in [3.63, 3.8) is 0 Å². The van der Waals surface area contributed by atoms with E-state index in [2.05, 4.69) is 10.3 Å². The topological polar surface area (TPSA) is 65.4 Å². The van der Waals surface area contributed by atoms with E-state index in [1.807, 2.05) is 29.9 Å². The molecule has 0 saturated heterocycles. The summed E-state index contributed by atoms with van der Waals surface area (Å²) in [6.07, 6.45) is 1.76. The van der Waals surface area contributed by atoms with E-state index in [0.29, 0.717) is 22.7 Å². The predicted octanol–water partition coefficient (Wildman–Crippen LogP) is 3.53. The van der Waals surface area contributed by atoms with Crippen molar-refractivity contribution in [1.82, 2.24) is 9.55 Å². The molecule has 4 rings (SSSR count). The summed E-state index contributed by atoms with van der Waals surface area (Å²) >= 11 is 1.54. The van der Waals surface area contributed by atoms with Crippen molar-refractivity contribution >= 4 is 22.9 Å². The lowest BCUT2D eigenvalue weighted by atomic mass is 10.2. The molecule has 1 aliphatic rings. The Hall–Kier alpha value is -2.80. The van der Waals surface area contributed by atoms with Gasteiger partial charge in [-0.2, -0.15) is 0 Å². The first-order valence-electron chi connectivity index (χ1n) is 7.43. The van der Waals surface area contributed by atoms with E-state index in [4.69, 9.17) is 9.47 Å². The Labute approximate surface area is 142 Å². The van der Waals surface area contributed by atoms with Crippen molar-refractivity contribution in [3.05, 3.63) is 52.8 Å². The number of hydrogen-bond donors (Lipinski definition) is 1. The first-order valence-corrected chi connectivity index (χ1v) is 8.31. The number of aromatic nitrogens is 2. The molecule has 1 amide bonds. The quantitative estimate of drug-likeness (QED) is 0.791. The van der Waals surface area contributed by atoms with Gasteiger partial charge in [-0.15, -0.1) is 11.3 Å². The maximum atomic E-state index is 12.7. The van der Waals surface area contributed by atoms with Gasteiger partial charge in [0.05, 0.1) is 5.56 Å². The van der Waals surface area contributed by atoms with Gasteiger partial charge in [0.1, 0.15) is 0 Å². The number of nitrogens with zero attached hydrogens (tertiary/aromatic N) is 2. The molecular formula is C17H15N3O3S. The van der Waals surface area contributed by atoms with Crippen LogP contribution in [0.5, 0.6) is 11.5 Å². The SMILES string of the molecule is Cc1cc(C(=O)Nc2ccc3c(c2)OCO3)c(C)n1-c1nccs1. The fraction of sp³-hybridized carbons (Fsp3) is 0.176. The molecule has 3 aromatic rings. The molecule has 1 N–H and O–H groups in total. The van der Waals surface area contributed by atoms with E-state index >= 15 is 0 Å². The summed E-state index contributed by atoms with van der Waals surface area (Å²) in [7, 11) is 0. The van der Waals surface area contributed by atoms with Crippen molar-refractivity contribution in [3.8, 4) is 16.6 Å².